The van der Waals surface area contributed by atoms with Gasteiger partial charge in [-0.1, -0.05) is 11.6 Å². The second-order valence-electron chi connectivity index (χ2n) is 4.38. The van der Waals surface area contributed by atoms with E-state index in [4.69, 9.17) is 11.6 Å². The molecule has 2 aromatic rings. The molecule has 22 heavy (non-hydrogen) atoms. The molecule has 1 amide bonds. The van der Waals surface area contributed by atoms with Gasteiger partial charge in [-0.25, -0.2) is 10.1 Å². The number of pyridine rings is 1. The fourth-order valence-corrected chi connectivity index (χ4v) is 1.69. The maximum atomic E-state index is 12.5. The number of carbonyl (C=O) groups is 1. The van der Waals surface area contributed by atoms with Crippen LogP contribution in [0.4, 0.5) is 25.1 Å². The molecule has 0 unspecified atom stereocenters. The lowest BCUT2D eigenvalue weighted by Gasteiger charge is -2.08. The van der Waals surface area contributed by atoms with Crippen LogP contribution >= 0.6 is 11.6 Å². The minimum atomic E-state index is -4.59. The third-order valence-corrected chi connectivity index (χ3v) is 2.78. The molecule has 2 N–H and O–H groups in total. The smallest absolute Gasteiger partial charge is 0.346 e. The van der Waals surface area contributed by atoms with E-state index in [0.717, 1.165) is 0 Å². The molecule has 2 rings (SSSR count). The van der Waals surface area contributed by atoms with Crippen molar-refractivity contribution in [2.45, 2.75) is 6.18 Å². The summed E-state index contributed by atoms with van der Waals surface area (Å²) in [5.41, 5.74) is -1.39. The van der Waals surface area contributed by atoms with Gasteiger partial charge in [-0.2, -0.15) is 18.2 Å². The SMILES string of the molecule is CN(C)c1n[nH]c(NC(=O)c2ncc(C(F)(F)F)cc2Cl)n1. The molecule has 2 aromatic heterocycles. The average molecular weight is 335 g/mol. The highest BCUT2D eigenvalue weighted by Gasteiger charge is 2.32. The van der Waals surface area contributed by atoms with Gasteiger partial charge in [-0.05, 0) is 6.07 Å². The first-order valence-corrected chi connectivity index (χ1v) is 6.20. The van der Waals surface area contributed by atoms with E-state index in [0.29, 0.717) is 18.2 Å². The number of nitrogens with zero attached hydrogens (tertiary/aromatic N) is 4. The molecular formula is C11H10ClF3N6O. The van der Waals surface area contributed by atoms with Crippen molar-refractivity contribution < 1.29 is 18.0 Å². The first-order chi connectivity index (χ1) is 10.2. The Bertz CT molecular complexity index is 699. The predicted octanol–water partition coefficient (Wildman–Crippen LogP) is 2.19. The normalized spacial score (nSPS) is 11.4. The number of hydrogen-bond acceptors (Lipinski definition) is 5. The highest BCUT2D eigenvalue weighted by Crippen LogP contribution is 2.31. The van der Waals surface area contributed by atoms with Gasteiger partial charge in [-0.3, -0.25) is 10.1 Å². The number of amides is 1. The lowest BCUT2D eigenvalue weighted by molar-refractivity contribution is -0.137. The molecule has 0 aliphatic carbocycles. The van der Waals surface area contributed by atoms with Gasteiger partial charge < -0.3 is 4.90 Å². The van der Waals surface area contributed by atoms with Gasteiger partial charge in [0, 0.05) is 20.3 Å². The number of carbonyl (C=O) groups excluding carboxylic acids is 1. The Morgan fingerprint density at radius 2 is 2.09 bits per heavy atom. The molecule has 0 aromatic carbocycles. The van der Waals surface area contributed by atoms with Crippen molar-refractivity contribution in [2.24, 2.45) is 0 Å². The zero-order valence-electron chi connectivity index (χ0n) is 11.4. The minimum absolute atomic E-state index is 0.0199. The summed E-state index contributed by atoms with van der Waals surface area (Å²) in [4.78, 5) is 20.9. The van der Waals surface area contributed by atoms with Crippen LogP contribution in [0.5, 0.6) is 0 Å². The molecule has 118 valence electrons. The number of hydrogen-bond donors (Lipinski definition) is 2. The van der Waals surface area contributed by atoms with Crippen molar-refractivity contribution in [3.05, 3.63) is 28.5 Å². The number of nitrogens with one attached hydrogen (secondary N) is 2. The first-order valence-electron chi connectivity index (χ1n) is 5.82. The van der Waals surface area contributed by atoms with Gasteiger partial charge in [0.15, 0.2) is 0 Å². The largest absolute Gasteiger partial charge is 0.417 e. The number of alkyl halides is 3. The molecule has 11 heteroatoms. The zero-order chi connectivity index (χ0) is 16.5. The van der Waals surface area contributed by atoms with Crippen LogP contribution in [0.1, 0.15) is 16.1 Å². The van der Waals surface area contributed by atoms with Gasteiger partial charge in [0.1, 0.15) is 5.69 Å². The highest BCUT2D eigenvalue weighted by atomic mass is 35.5. The summed E-state index contributed by atoms with van der Waals surface area (Å²) >= 11 is 5.67. The third kappa shape index (κ3) is 3.45. The van der Waals surface area contributed by atoms with Crippen LogP contribution in [0.2, 0.25) is 5.02 Å². The van der Waals surface area contributed by atoms with Gasteiger partial charge in [0.05, 0.1) is 10.6 Å². The summed E-state index contributed by atoms with van der Waals surface area (Å²) in [5, 5.41) is 8.15. The van der Waals surface area contributed by atoms with Crippen molar-refractivity contribution in [1.82, 2.24) is 20.2 Å². The summed E-state index contributed by atoms with van der Waals surface area (Å²) < 4.78 is 37.5. The lowest BCUT2D eigenvalue weighted by atomic mass is 10.2. The molecule has 0 radical (unpaired) electrons. The second-order valence-corrected chi connectivity index (χ2v) is 4.79. The maximum absolute atomic E-state index is 12.5. The standard InChI is InChI=1S/C11H10ClF3N6O/c1-21(2)10-18-9(19-20-10)17-8(22)7-6(12)3-5(4-16-7)11(13,14)15/h3-4H,1-2H3,(H2,17,18,19,20,22). The predicted molar refractivity (Wildman–Crippen MR) is 72.9 cm³/mol. The van der Waals surface area contributed by atoms with E-state index >= 15 is 0 Å². The van der Waals surface area contributed by atoms with Crippen LogP contribution in [0.3, 0.4) is 0 Å². The van der Waals surface area contributed by atoms with E-state index in [1.807, 2.05) is 0 Å². The van der Waals surface area contributed by atoms with Crippen molar-refractivity contribution in [1.29, 1.82) is 0 Å². The van der Waals surface area contributed by atoms with Crippen LogP contribution < -0.4 is 10.2 Å². The quantitative estimate of drug-likeness (QED) is 0.898. The molecule has 0 aliphatic rings. The number of aromatic nitrogens is 4. The molecule has 0 spiro atoms. The number of halogens is 4. The van der Waals surface area contributed by atoms with E-state index in [1.165, 1.54) is 0 Å². The Morgan fingerprint density at radius 3 is 2.59 bits per heavy atom. The lowest BCUT2D eigenvalue weighted by Crippen LogP contribution is -2.17. The van der Waals surface area contributed by atoms with Crippen LogP contribution in [-0.4, -0.2) is 40.2 Å². The van der Waals surface area contributed by atoms with E-state index < -0.39 is 22.7 Å². The Balaban J connectivity index is 2.19. The number of H-pyrrole nitrogens is 1. The third-order valence-electron chi connectivity index (χ3n) is 2.49. The molecule has 0 bridgehead atoms. The van der Waals surface area contributed by atoms with Gasteiger partial charge in [0.2, 0.25) is 11.9 Å². The van der Waals surface area contributed by atoms with Crippen LogP contribution in [0.25, 0.3) is 0 Å². The molecule has 0 fully saturated rings. The van der Waals surface area contributed by atoms with E-state index in [-0.39, 0.29) is 11.6 Å². The average Bonchev–Trinajstić information content (AvgIpc) is 2.86. The fraction of sp³-hybridized carbons (Fsp3) is 0.273. The zero-order valence-corrected chi connectivity index (χ0v) is 12.1. The molecular weight excluding hydrogens is 325 g/mol. The topological polar surface area (TPSA) is 86.8 Å². The van der Waals surface area contributed by atoms with E-state index in [1.54, 1.807) is 19.0 Å². The van der Waals surface area contributed by atoms with Gasteiger partial charge in [-0.15, -0.1) is 5.10 Å². The van der Waals surface area contributed by atoms with Crippen LogP contribution in [0, 0.1) is 0 Å². The van der Waals surface area contributed by atoms with E-state index in [2.05, 4.69) is 25.5 Å². The van der Waals surface area contributed by atoms with Crippen molar-refractivity contribution in [3.8, 4) is 0 Å². The maximum Gasteiger partial charge on any atom is 0.417 e. The fourth-order valence-electron chi connectivity index (χ4n) is 1.44. The van der Waals surface area contributed by atoms with Crippen LogP contribution in [0.15, 0.2) is 12.3 Å². The van der Waals surface area contributed by atoms with E-state index in [9.17, 15) is 18.0 Å². The number of anilines is 2. The first kappa shape index (κ1) is 16.0. The summed E-state index contributed by atoms with van der Waals surface area (Å²) in [6, 6.07) is 0.634. The Morgan fingerprint density at radius 1 is 1.41 bits per heavy atom. The van der Waals surface area contributed by atoms with Crippen molar-refractivity contribution in [3.63, 3.8) is 0 Å². The summed E-state index contributed by atoms with van der Waals surface area (Å²) in [7, 11) is 3.39. The molecule has 2 heterocycles. The Hall–Kier alpha value is -2.36. The Labute approximate surface area is 127 Å². The molecule has 0 saturated heterocycles. The van der Waals surface area contributed by atoms with Crippen LogP contribution in [-0.2, 0) is 6.18 Å². The summed E-state index contributed by atoms with van der Waals surface area (Å²) in [6.07, 6.45) is -4.05. The van der Waals surface area contributed by atoms with Gasteiger partial charge in [0.25, 0.3) is 5.91 Å². The molecule has 7 nitrogen and oxygen atoms in total. The number of aromatic amines is 1. The molecule has 0 atom stereocenters. The summed E-state index contributed by atoms with van der Waals surface area (Å²) in [5.74, 6) is -0.464. The summed E-state index contributed by atoms with van der Waals surface area (Å²) in [6.45, 7) is 0. The highest BCUT2D eigenvalue weighted by molar-refractivity contribution is 6.34. The second kappa shape index (κ2) is 5.79. The van der Waals surface area contributed by atoms with Crippen molar-refractivity contribution in [2.75, 3.05) is 24.3 Å². The Kier molecular flexibility index (Phi) is 4.22. The minimum Gasteiger partial charge on any atom is -0.346 e. The monoisotopic (exact) mass is 334 g/mol. The molecule has 0 aliphatic heterocycles. The van der Waals surface area contributed by atoms with Gasteiger partial charge >= 0.3 is 6.18 Å². The van der Waals surface area contributed by atoms with Crippen molar-refractivity contribution >= 4 is 29.4 Å². The number of rotatable bonds is 3. The molecule has 0 saturated carbocycles.